The second kappa shape index (κ2) is 10.1. The molecular weight excluding hydrogens is 436 g/mol. The Labute approximate surface area is 196 Å². The van der Waals surface area contributed by atoms with Crippen molar-refractivity contribution in [3.05, 3.63) is 83.6 Å². The van der Waals surface area contributed by atoms with Gasteiger partial charge in [0.2, 0.25) is 0 Å². The standard InChI is InChI=1S/C25H24N4O3S/c30-24(27-16-18-9-10-23(26-15-18)29-11-13-31-14-12-29)20-6-2-1-5-19(20)17-33-25-28-21-7-3-4-8-22(21)32-25/h1-10,15H,11-14,16-17H2,(H,27,30). The SMILES string of the molecule is O=C(NCc1ccc(N2CCOCC2)nc1)c1ccccc1CSc1nc2ccccc2o1. The van der Waals surface area contributed by atoms with E-state index in [0.717, 1.165) is 54.3 Å². The fourth-order valence-corrected chi connectivity index (χ4v) is 4.54. The number of benzene rings is 2. The lowest BCUT2D eigenvalue weighted by Gasteiger charge is -2.27. The number of oxazole rings is 1. The Balaban J connectivity index is 1.20. The maximum atomic E-state index is 12.9. The third kappa shape index (κ3) is 5.18. The van der Waals surface area contributed by atoms with Crippen molar-refractivity contribution in [3.8, 4) is 0 Å². The molecule has 5 rings (SSSR count). The first-order chi connectivity index (χ1) is 16.3. The molecule has 33 heavy (non-hydrogen) atoms. The molecule has 0 bridgehead atoms. The number of nitrogens with one attached hydrogen (secondary N) is 1. The fraction of sp³-hybridized carbons (Fsp3) is 0.240. The largest absolute Gasteiger partial charge is 0.431 e. The third-order valence-electron chi connectivity index (χ3n) is 5.48. The van der Waals surface area contributed by atoms with E-state index < -0.39 is 0 Å². The summed E-state index contributed by atoms with van der Waals surface area (Å²) in [5, 5.41) is 3.61. The molecule has 8 heteroatoms. The summed E-state index contributed by atoms with van der Waals surface area (Å²) in [5.41, 5.74) is 4.14. The second-order valence-electron chi connectivity index (χ2n) is 7.70. The van der Waals surface area contributed by atoms with Gasteiger partial charge in [-0.05, 0) is 35.4 Å². The van der Waals surface area contributed by atoms with Crippen molar-refractivity contribution in [3.63, 3.8) is 0 Å². The molecule has 1 N–H and O–H groups in total. The summed E-state index contributed by atoms with van der Waals surface area (Å²) in [6, 6.07) is 19.3. The zero-order valence-corrected chi connectivity index (χ0v) is 18.9. The molecule has 1 saturated heterocycles. The number of thioether (sulfide) groups is 1. The molecule has 7 nitrogen and oxygen atoms in total. The summed E-state index contributed by atoms with van der Waals surface area (Å²) in [6.45, 7) is 3.57. The molecule has 0 radical (unpaired) electrons. The van der Waals surface area contributed by atoms with Crippen LogP contribution in [0.2, 0.25) is 0 Å². The summed E-state index contributed by atoms with van der Waals surface area (Å²) in [4.78, 5) is 24.2. The highest BCUT2D eigenvalue weighted by molar-refractivity contribution is 7.98. The number of nitrogens with zero attached hydrogens (tertiary/aromatic N) is 3. The highest BCUT2D eigenvalue weighted by Crippen LogP contribution is 2.27. The molecule has 2 aromatic carbocycles. The quantitative estimate of drug-likeness (QED) is 0.412. The van der Waals surface area contributed by atoms with E-state index in [4.69, 9.17) is 9.15 Å². The summed E-state index contributed by atoms with van der Waals surface area (Å²) >= 11 is 1.48. The zero-order chi connectivity index (χ0) is 22.5. The Morgan fingerprint density at radius 1 is 1.03 bits per heavy atom. The van der Waals surface area contributed by atoms with Crippen LogP contribution >= 0.6 is 11.8 Å². The minimum absolute atomic E-state index is 0.110. The number of rotatable bonds is 7. The van der Waals surface area contributed by atoms with E-state index in [0.29, 0.717) is 23.1 Å². The molecule has 0 spiro atoms. The van der Waals surface area contributed by atoms with E-state index in [2.05, 4.69) is 20.2 Å². The van der Waals surface area contributed by atoms with Crippen LogP contribution < -0.4 is 10.2 Å². The van der Waals surface area contributed by atoms with Crippen molar-refractivity contribution in [2.75, 3.05) is 31.2 Å². The maximum absolute atomic E-state index is 12.9. The van der Waals surface area contributed by atoms with E-state index in [1.807, 2.05) is 66.9 Å². The van der Waals surface area contributed by atoms with E-state index in [1.165, 1.54) is 11.8 Å². The van der Waals surface area contributed by atoms with Gasteiger partial charge in [0.05, 0.1) is 13.2 Å². The normalized spacial score (nSPS) is 13.9. The van der Waals surface area contributed by atoms with Crippen molar-refractivity contribution < 1.29 is 13.9 Å². The fourth-order valence-electron chi connectivity index (χ4n) is 3.70. The highest BCUT2D eigenvalue weighted by Gasteiger charge is 2.14. The van der Waals surface area contributed by atoms with Crippen molar-refractivity contribution >= 4 is 34.6 Å². The van der Waals surface area contributed by atoms with Gasteiger partial charge in [0.1, 0.15) is 11.3 Å². The summed E-state index contributed by atoms with van der Waals surface area (Å²) in [7, 11) is 0. The lowest BCUT2D eigenvalue weighted by atomic mass is 10.1. The smallest absolute Gasteiger partial charge is 0.257 e. The molecular formula is C25H24N4O3S. The number of hydrogen-bond acceptors (Lipinski definition) is 7. The maximum Gasteiger partial charge on any atom is 0.257 e. The van der Waals surface area contributed by atoms with Gasteiger partial charge in [0.25, 0.3) is 11.1 Å². The molecule has 0 aliphatic carbocycles. The molecule has 1 aliphatic rings. The van der Waals surface area contributed by atoms with Crippen molar-refractivity contribution in [2.45, 2.75) is 17.5 Å². The van der Waals surface area contributed by atoms with Crippen LogP contribution in [0.25, 0.3) is 11.1 Å². The number of ether oxygens (including phenoxy) is 1. The zero-order valence-electron chi connectivity index (χ0n) is 18.1. The van der Waals surface area contributed by atoms with E-state index in [9.17, 15) is 4.79 Å². The van der Waals surface area contributed by atoms with Crippen LogP contribution in [0.15, 0.2) is 76.5 Å². The number of para-hydroxylation sites is 2. The average Bonchev–Trinajstić information content (AvgIpc) is 3.30. The van der Waals surface area contributed by atoms with Crippen LogP contribution in [0.3, 0.4) is 0 Å². The molecule has 1 amide bonds. The molecule has 1 fully saturated rings. The van der Waals surface area contributed by atoms with Gasteiger partial charge in [0, 0.05) is 37.1 Å². The molecule has 3 heterocycles. The van der Waals surface area contributed by atoms with Gasteiger partial charge in [0.15, 0.2) is 5.58 Å². The Morgan fingerprint density at radius 3 is 2.67 bits per heavy atom. The van der Waals surface area contributed by atoms with Gasteiger partial charge < -0.3 is 19.4 Å². The van der Waals surface area contributed by atoms with Crippen LogP contribution in [-0.2, 0) is 17.0 Å². The van der Waals surface area contributed by atoms with Gasteiger partial charge in [-0.1, -0.05) is 48.2 Å². The Hall–Kier alpha value is -3.36. The number of morpholine rings is 1. The third-order valence-corrected chi connectivity index (χ3v) is 6.36. The average molecular weight is 461 g/mol. The number of carbonyl (C=O) groups is 1. The first-order valence-corrected chi connectivity index (χ1v) is 11.9. The topological polar surface area (TPSA) is 80.5 Å². The summed E-state index contributed by atoms with van der Waals surface area (Å²) in [6.07, 6.45) is 1.82. The monoisotopic (exact) mass is 460 g/mol. The summed E-state index contributed by atoms with van der Waals surface area (Å²) < 4.78 is 11.2. The molecule has 1 aliphatic heterocycles. The molecule has 0 saturated carbocycles. The number of aromatic nitrogens is 2. The number of pyridine rings is 1. The van der Waals surface area contributed by atoms with Crippen LogP contribution in [-0.4, -0.2) is 42.2 Å². The van der Waals surface area contributed by atoms with Gasteiger partial charge in [-0.2, -0.15) is 0 Å². The van der Waals surface area contributed by atoms with Crippen molar-refractivity contribution in [1.82, 2.24) is 15.3 Å². The van der Waals surface area contributed by atoms with Crippen molar-refractivity contribution in [1.29, 1.82) is 0 Å². The lowest BCUT2D eigenvalue weighted by Crippen LogP contribution is -2.36. The van der Waals surface area contributed by atoms with Gasteiger partial charge in [-0.15, -0.1) is 0 Å². The van der Waals surface area contributed by atoms with Crippen LogP contribution in [0.1, 0.15) is 21.5 Å². The number of carbonyl (C=O) groups excluding carboxylic acids is 1. The molecule has 4 aromatic rings. The Bertz CT molecular complexity index is 1200. The number of anilines is 1. The van der Waals surface area contributed by atoms with Gasteiger partial charge in [-0.25, -0.2) is 9.97 Å². The van der Waals surface area contributed by atoms with E-state index in [1.54, 1.807) is 0 Å². The minimum atomic E-state index is -0.110. The second-order valence-corrected chi connectivity index (χ2v) is 8.63. The Kier molecular flexibility index (Phi) is 6.55. The molecule has 0 unspecified atom stereocenters. The Morgan fingerprint density at radius 2 is 1.85 bits per heavy atom. The lowest BCUT2D eigenvalue weighted by molar-refractivity contribution is 0.0950. The number of amides is 1. The van der Waals surface area contributed by atoms with Crippen LogP contribution in [0, 0.1) is 0 Å². The minimum Gasteiger partial charge on any atom is -0.431 e. The summed E-state index contributed by atoms with van der Waals surface area (Å²) in [5.74, 6) is 1.42. The van der Waals surface area contributed by atoms with Crippen LogP contribution in [0.5, 0.6) is 0 Å². The number of fused-ring (bicyclic) bond motifs is 1. The van der Waals surface area contributed by atoms with Crippen LogP contribution in [0.4, 0.5) is 5.82 Å². The first-order valence-electron chi connectivity index (χ1n) is 10.9. The predicted octanol–water partition coefficient (Wildman–Crippen LogP) is 4.28. The highest BCUT2D eigenvalue weighted by atomic mass is 32.2. The van der Waals surface area contributed by atoms with E-state index in [-0.39, 0.29) is 5.91 Å². The van der Waals surface area contributed by atoms with Gasteiger partial charge >= 0.3 is 0 Å². The number of hydrogen-bond donors (Lipinski definition) is 1. The van der Waals surface area contributed by atoms with E-state index >= 15 is 0 Å². The van der Waals surface area contributed by atoms with Gasteiger partial charge in [-0.3, -0.25) is 4.79 Å². The molecule has 168 valence electrons. The molecule has 0 atom stereocenters. The first kappa shape index (κ1) is 21.5. The predicted molar refractivity (Wildman–Crippen MR) is 128 cm³/mol. The molecule has 2 aromatic heterocycles. The van der Waals surface area contributed by atoms with Crippen molar-refractivity contribution in [2.24, 2.45) is 0 Å².